The Morgan fingerprint density at radius 2 is 1.39 bits per heavy atom. The Morgan fingerprint density at radius 1 is 0.614 bits per heavy atom. The Balaban J connectivity index is 1.10. The van der Waals surface area contributed by atoms with Gasteiger partial charge in [0.05, 0.1) is 5.69 Å². The van der Waals surface area contributed by atoms with Crippen LogP contribution in [0.1, 0.15) is 87.8 Å². The zero-order valence-corrected chi connectivity index (χ0v) is 33.5. The van der Waals surface area contributed by atoms with Gasteiger partial charge in [-0.05, 0) is 149 Å². The molecule has 6 aromatic carbocycles. The largest absolute Gasteiger partial charge is 0.310 e. The molecule has 2 nitrogen and oxygen atoms in total. The second-order valence-corrected chi connectivity index (χ2v) is 18.2. The molecule has 0 saturated heterocycles. The molecule has 0 radical (unpaired) electrons. The van der Waals surface area contributed by atoms with Crippen LogP contribution in [0.15, 0.2) is 170 Å². The summed E-state index contributed by atoms with van der Waals surface area (Å²) in [5.74, 6) is 2.89. The zero-order valence-electron chi connectivity index (χ0n) is 33.5. The molecule has 0 spiro atoms. The van der Waals surface area contributed by atoms with E-state index in [0.717, 1.165) is 24.7 Å². The van der Waals surface area contributed by atoms with Crippen LogP contribution in [0.2, 0.25) is 0 Å². The third-order valence-electron chi connectivity index (χ3n) is 15.0. The topological polar surface area (TPSA) is 6.48 Å². The van der Waals surface area contributed by atoms with Crippen LogP contribution in [-0.2, 0) is 5.41 Å². The molecular weight excluding hydrogens is 689 g/mol. The van der Waals surface area contributed by atoms with E-state index in [0.29, 0.717) is 11.8 Å². The Kier molecular flexibility index (Phi) is 8.04. The summed E-state index contributed by atoms with van der Waals surface area (Å²) >= 11 is 0. The number of rotatable bonds is 7. The van der Waals surface area contributed by atoms with Crippen LogP contribution < -0.4 is 9.80 Å². The first-order valence-corrected chi connectivity index (χ1v) is 21.5. The minimum Gasteiger partial charge on any atom is -0.310 e. The Labute approximate surface area is 338 Å². The number of benzene rings is 6. The Hall–Kier alpha value is -5.60. The van der Waals surface area contributed by atoms with E-state index in [1.165, 1.54) is 98.1 Å². The van der Waals surface area contributed by atoms with E-state index in [9.17, 15) is 0 Å². The van der Waals surface area contributed by atoms with Crippen molar-refractivity contribution in [3.05, 3.63) is 186 Å². The molecule has 0 aliphatic heterocycles. The molecule has 5 aliphatic rings. The number of hydrogen-bond acceptors (Lipinski definition) is 2. The molecule has 282 valence electrons. The summed E-state index contributed by atoms with van der Waals surface area (Å²) < 4.78 is 0. The summed E-state index contributed by atoms with van der Waals surface area (Å²) in [4.78, 5) is 4.99. The zero-order chi connectivity index (χ0) is 38.3. The van der Waals surface area contributed by atoms with Crippen LogP contribution in [0.25, 0.3) is 21.5 Å². The molecule has 0 N–H and O–H groups in total. The molecule has 2 bridgehead atoms. The summed E-state index contributed by atoms with van der Waals surface area (Å²) in [5, 5.41) is 5.03. The monoisotopic (exact) mass is 740 g/mol. The van der Waals surface area contributed by atoms with Gasteiger partial charge >= 0.3 is 0 Å². The first-order valence-electron chi connectivity index (χ1n) is 21.5. The number of para-hydroxylation sites is 1. The van der Waals surface area contributed by atoms with Crippen LogP contribution in [0.3, 0.4) is 0 Å². The molecule has 2 heteroatoms. The lowest BCUT2D eigenvalue weighted by atomic mass is 9.62. The van der Waals surface area contributed by atoms with Crippen LogP contribution in [0.4, 0.5) is 28.4 Å². The highest BCUT2D eigenvalue weighted by molar-refractivity contribution is 6.15. The maximum absolute atomic E-state index is 2.53. The number of fused-ring (bicyclic) bond motifs is 8. The summed E-state index contributed by atoms with van der Waals surface area (Å²) in [6, 6.07) is 46.5. The van der Waals surface area contributed by atoms with Gasteiger partial charge in [0.1, 0.15) is 0 Å². The van der Waals surface area contributed by atoms with Gasteiger partial charge in [0.2, 0.25) is 0 Å². The quantitative estimate of drug-likeness (QED) is 0.150. The summed E-state index contributed by atoms with van der Waals surface area (Å²) in [5.41, 5.74) is 11.7. The molecule has 5 aliphatic carbocycles. The van der Waals surface area contributed by atoms with Crippen molar-refractivity contribution in [3.8, 4) is 0 Å². The van der Waals surface area contributed by atoms with Gasteiger partial charge in [-0.3, -0.25) is 0 Å². The molecule has 2 saturated carbocycles. The van der Waals surface area contributed by atoms with E-state index in [1.807, 2.05) is 0 Å². The molecule has 0 amide bonds. The van der Waals surface area contributed by atoms with Crippen LogP contribution in [-0.4, -0.2) is 0 Å². The van der Waals surface area contributed by atoms with E-state index in [1.54, 1.807) is 0 Å². The minimum absolute atomic E-state index is 0.0286. The second kappa shape index (κ2) is 13.2. The number of anilines is 5. The molecule has 11 rings (SSSR count). The van der Waals surface area contributed by atoms with Gasteiger partial charge in [0, 0.05) is 45.2 Å². The van der Waals surface area contributed by atoms with Gasteiger partial charge < -0.3 is 9.80 Å². The molecule has 57 heavy (non-hydrogen) atoms. The van der Waals surface area contributed by atoms with Crippen molar-refractivity contribution in [2.75, 3.05) is 9.80 Å². The van der Waals surface area contributed by atoms with E-state index in [2.05, 4.69) is 194 Å². The highest BCUT2D eigenvalue weighted by Crippen LogP contribution is 2.62. The highest BCUT2D eigenvalue weighted by atomic mass is 15.2. The fourth-order valence-corrected chi connectivity index (χ4v) is 11.7. The standard InChI is InChI=1S/C55H52N2/c1-54(2)52-36-45(28-30-48(52)51-20-12-13-31-55(51,54)3)56(43-25-23-38(24-26-43)49-33-37-21-22-40(49)32-37)44-27-29-47-50(35-44)46-19-11-10-14-39(46)34-53(47)57(41-15-6-4-7-16-41)42-17-8-5-9-18-42/h4,6-8,10-20,23-31,34-37,40,49,51H,5,9,21-22,32-33H2,1-3H3. The van der Waals surface area contributed by atoms with Crippen molar-refractivity contribution in [3.63, 3.8) is 0 Å². The lowest BCUT2D eigenvalue weighted by molar-refractivity contribution is 0.245. The third-order valence-corrected chi connectivity index (χ3v) is 15.0. The van der Waals surface area contributed by atoms with Crippen molar-refractivity contribution in [2.24, 2.45) is 17.3 Å². The maximum Gasteiger partial charge on any atom is 0.0546 e. The summed E-state index contributed by atoms with van der Waals surface area (Å²) in [6.45, 7) is 7.35. The molecule has 0 aromatic heterocycles. The van der Waals surface area contributed by atoms with Crippen molar-refractivity contribution >= 4 is 50.0 Å². The summed E-state index contributed by atoms with van der Waals surface area (Å²) in [6.07, 6.45) is 24.1. The predicted octanol–water partition coefficient (Wildman–Crippen LogP) is 15.2. The molecule has 5 unspecified atom stereocenters. The number of hydrogen-bond donors (Lipinski definition) is 0. The van der Waals surface area contributed by atoms with Crippen molar-refractivity contribution in [1.82, 2.24) is 0 Å². The van der Waals surface area contributed by atoms with Gasteiger partial charge in [0.15, 0.2) is 0 Å². The van der Waals surface area contributed by atoms with E-state index in [-0.39, 0.29) is 10.8 Å². The van der Waals surface area contributed by atoms with Gasteiger partial charge in [-0.1, -0.05) is 130 Å². The Morgan fingerprint density at radius 3 is 2.18 bits per heavy atom. The number of nitrogens with zero attached hydrogens (tertiary/aromatic N) is 2. The SMILES string of the molecule is CC1(C)c2cc(N(c3ccc(C4CC5CCC4C5)cc3)c3ccc4c(N(C5=CCCC=C5)c5ccccc5)cc5ccccc5c4c3)ccc2C2C=CC=CC21C. The average Bonchev–Trinajstić information content (AvgIpc) is 3.94. The Bertz CT molecular complexity index is 2660. The first kappa shape index (κ1) is 34.6. The highest BCUT2D eigenvalue weighted by Gasteiger charge is 2.53. The molecule has 6 aromatic rings. The van der Waals surface area contributed by atoms with Crippen LogP contribution in [0, 0.1) is 17.3 Å². The van der Waals surface area contributed by atoms with E-state index >= 15 is 0 Å². The smallest absolute Gasteiger partial charge is 0.0546 e. The van der Waals surface area contributed by atoms with Crippen LogP contribution in [0.5, 0.6) is 0 Å². The van der Waals surface area contributed by atoms with E-state index in [4.69, 9.17) is 0 Å². The predicted molar refractivity (Wildman–Crippen MR) is 242 cm³/mol. The van der Waals surface area contributed by atoms with E-state index < -0.39 is 0 Å². The molecule has 2 fully saturated rings. The lowest BCUT2D eigenvalue weighted by Crippen LogP contribution is -2.36. The van der Waals surface area contributed by atoms with Crippen molar-refractivity contribution in [2.45, 2.75) is 76.5 Å². The van der Waals surface area contributed by atoms with Crippen molar-refractivity contribution in [1.29, 1.82) is 0 Å². The normalized spacial score (nSPS) is 25.1. The third kappa shape index (κ3) is 5.43. The number of allylic oxidation sites excluding steroid dienone is 7. The van der Waals surface area contributed by atoms with Gasteiger partial charge in [-0.15, -0.1) is 0 Å². The fraction of sp³-hybridized carbons (Fsp3) is 0.273. The van der Waals surface area contributed by atoms with Crippen LogP contribution >= 0.6 is 0 Å². The van der Waals surface area contributed by atoms with Gasteiger partial charge in [0.25, 0.3) is 0 Å². The fourth-order valence-electron chi connectivity index (χ4n) is 11.7. The minimum atomic E-state index is -0.0286. The molecule has 5 atom stereocenters. The molecule has 0 heterocycles. The maximum atomic E-state index is 2.53. The lowest BCUT2D eigenvalue weighted by Gasteiger charge is -2.41. The molecular formula is C55H52N2. The first-order chi connectivity index (χ1) is 27.9. The second-order valence-electron chi connectivity index (χ2n) is 18.2. The van der Waals surface area contributed by atoms with Crippen molar-refractivity contribution < 1.29 is 0 Å². The van der Waals surface area contributed by atoms with Gasteiger partial charge in [-0.2, -0.15) is 0 Å². The van der Waals surface area contributed by atoms with Gasteiger partial charge in [-0.25, -0.2) is 0 Å². The average molecular weight is 741 g/mol. The summed E-state index contributed by atoms with van der Waals surface area (Å²) in [7, 11) is 0.